The molecule has 0 unspecified atom stereocenters. The molecule has 25 heavy (non-hydrogen) atoms. The van der Waals surface area contributed by atoms with Crippen LogP contribution in [-0.2, 0) is 6.54 Å². The summed E-state index contributed by atoms with van der Waals surface area (Å²) in [6.45, 7) is -1.29. The van der Waals surface area contributed by atoms with Crippen LogP contribution in [0.15, 0.2) is 42.9 Å². The normalized spacial score (nSPS) is 11.5. The molecule has 1 N–H and O–H groups in total. The van der Waals surface area contributed by atoms with Gasteiger partial charge in [0.1, 0.15) is 18.0 Å². The SMILES string of the molecule is Fc1ccc2c(NCc3cccnc3OCC(F)(F)F)ncnc2c1. The van der Waals surface area contributed by atoms with Crippen LogP contribution in [0, 0.1) is 5.82 Å². The Morgan fingerprint density at radius 3 is 2.72 bits per heavy atom. The predicted molar refractivity (Wildman–Crippen MR) is 82.6 cm³/mol. The van der Waals surface area contributed by atoms with E-state index in [0.29, 0.717) is 22.3 Å². The second kappa shape index (κ2) is 6.88. The Labute approximate surface area is 139 Å². The number of alkyl halides is 3. The molecule has 2 heterocycles. The van der Waals surface area contributed by atoms with Crippen LogP contribution in [0.4, 0.5) is 23.4 Å². The summed E-state index contributed by atoms with van der Waals surface area (Å²) in [4.78, 5) is 11.9. The number of anilines is 1. The fourth-order valence-electron chi connectivity index (χ4n) is 2.19. The summed E-state index contributed by atoms with van der Waals surface area (Å²) in [5.74, 6) is -0.111. The lowest BCUT2D eigenvalue weighted by molar-refractivity contribution is -0.154. The summed E-state index contributed by atoms with van der Waals surface area (Å²) >= 11 is 0. The summed E-state index contributed by atoms with van der Waals surface area (Å²) in [6, 6.07) is 7.25. The number of aromatic nitrogens is 3. The smallest absolute Gasteiger partial charge is 0.422 e. The topological polar surface area (TPSA) is 59.9 Å². The monoisotopic (exact) mass is 352 g/mol. The third kappa shape index (κ3) is 4.31. The van der Waals surface area contributed by atoms with Crippen LogP contribution in [0.5, 0.6) is 5.88 Å². The minimum absolute atomic E-state index is 0.114. The number of fused-ring (bicyclic) bond motifs is 1. The summed E-state index contributed by atoms with van der Waals surface area (Å²) in [5, 5.41) is 3.57. The van der Waals surface area contributed by atoms with Gasteiger partial charge in [0.2, 0.25) is 5.88 Å². The highest BCUT2D eigenvalue weighted by Crippen LogP contribution is 2.23. The molecule has 9 heteroatoms. The van der Waals surface area contributed by atoms with Crippen molar-refractivity contribution in [2.45, 2.75) is 12.7 Å². The number of rotatable bonds is 5. The molecule has 3 aromatic rings. The zero-order valence-corrected chi connectivity index (χ0v) is 12.7. The number of halogens is 4. The largest absolute Gasteiger partial charge is 0.468 e. The van der Waals surface area contributed by atoms with Gasteiger partial charge in [0.05, 0.1) is 5.52 Å². The Balaban J connectivity index is 1.78. The van der Waals surface area contributed by atoms with Crippen LogP contribution in [-0.4, -0.2) is 27.7 Å². The first kappa shape index (κ1) is 16.9. The van der Waals surface area contributed by atoms with E-state index in [1.165, 1.54) is 30.7 Å². The maximum absolute atomic E-state index is 13.3. The van der Waals surface area contributed by atoms with Crippen LogP contribution in [0.25, 0.3) is 10.9 Å². The fraction of sp³-hybridized carbons (Fsp3) is 0.188. The molecular weight excluding hydrogens is 340 g/mol. The van der Waals surface area contributed by atoms with Gasteiger partial charge in [-0.3, -0.25) is 0 Å². The van der Waals surface area contributed by atoms with E-state index in [9.17, 15) is 17.6 Å². The highest BCUT2D eigenvalue weighted by molar-refractivity contribution is 5.88. The van der Waals surface area contributed by atoms with Gasteiger partial charge in [-0.1, -0.05) is 6.07 Å². The van der Waals surface area contributed by atoms with E-state index in [-0.39, 0.29) is 12.4 Å². The molecule has 0 amide bonds. The number of hydrogen-bond acceptors (Lipinski definition) is 5. The van der Waals surface area contributed by atoms with Crippen LogP contribution in [0.2, 0.25) is 0 Å². The highest BCUT2D eigenvalue weighted by Gasteiger charge is 2.29. The van der Waals surface area contributed by atoms with Gasteiger partial charge in [0.15, 0.2) is 6.61 Å². The van der Waals surface area contributed by atoms with Crippen molar-refractivity contribution in [1.29, 1.82) is 0 Å². The van der Waals surface area contributed by atoms with Crippen molar-refractivity contribution in [1.82, 2.24) is 15.0 Å². The molecule has 0 aliphatic rings. The van der Waals surface area contributed by atoms with Gasteiger partial charge >= 0.3 is 6.18 Å². The molecule has 0 saturated heterocycles. The first-order valence-electron chi connectivity index (χ1n) is 7.20. The van der Waals surface area contributed by atoms with Crippen LogP contribution in [0.1, 0.15) is 5.56 Å². The molecule has 0 atom stereocenters. The van der Waals surface area contributed by atoms with Crippen molar-refractivity contribution in [2.24, 2.45) is 0 Å². The van der Waals surface area contributed by atoms with Gasteiger partial charge in [-0.15, -0.1) is 0 Å². The average molecular weight is 352 g/mol. The minimum atomic E-state index is -4.45. The highest BCUT2D eigenvalue weighted by atomic mass is 19.4. The van der Waals surface area contributed by atoms with Gasteiger partial charge in [0, 0.05) is 29.8 Å². The summed E-state index contributed by atoms with van der Waals surface area (Å²) < 4.78 is 54.9. The first-order chi connectivity index (χ1) is 11.9. The van der Waals surface area contributed by atoms with Gasteiger partial charge in [-0.05, 0) is 18.2 Å². The zero-order chi connectivity index (χ0) is 17.9. The van der Waals surface area contributed by atoms with Crippen molar-refractivity contribution in [3.63, 3.8) is 0 Å². The maximum Gasteiger partial charge on any atom is 0.422 e. The minimum Gasteiger partial charge on any atom is -0.468 e. The zero-order valence-electron chi connectivity index (χ0n) is 12.7. The van der Waals surface area contributed by atoms with E-state index >= 15 is 0 Å². The molecule has 0 saturated carbocycles. The van der Waals surface area contributed by atoms with Crippen molar-refractivity contribution < 1.29 is 22.3 Å². The Hall–Kier alpha value is -2.97. The Kier molecular flexibility index (Phi) is 4.64. The van der Waals surface area contributed by atoms with E-state index in [1.54, 1.807) is 12.1 Å². The summed E-state index contributed by atoms with van der Waals surface area (Å²) in [7, 11) is 0. The van der Waals surface area contributed by atoms with E-state index in [1.807, 2.05) is 0 Å². The molecule has 0 aliphatic heterocycles. The second-order valence-electron chi connectivity index (χ2n) is 5.11. The molecule has 3 rings (SSSR count). The molecule has 130 valence electrons. The number of benzene rings is 1. The van der Waals surface area contributed by atoms with E-state index in [4.69, 9.17) is 4.74 Å². The number of nitrogens with zero attached hydrogens (tertiary/aromatic N) is 3. The molecule has 0 fully saturated rings. The van der Waals surface area contributed by atoms with Gasteiger partial charge in [0.25, 0.3) is 0 Å². The standard InChI is InChI=1S/C16H12F4N4O/c17-11-3-4-12-13(6-11)23-9-24-14(12)22-7-10-2-1-5-21-15(10)25-8-16(18,19)20/h1-6,9H,7-8H2,(H,22,23,24). The third-order valence-electron chi connectivity index (χ3n) is 3.27. The van der Waals surface area contributed by atoms with Gasteiger partial charge < -0.3 is 10.1 Å². The quantitative estimate of drug-likeness (QED) is 0.709. The lowest BCUT2D eigenvalue weighted by atomic mass is 10.2. The third-order valence-corrected chi connectivity index (χ3v) is 3.27. The average Bonchev–Trinajstić information content (AvgIpc) is 2.57. The molecule has 0 aliphatic carbocycles. The Bertz CT molecular complexity index is 885. The summed E-state index contributed by atoms with van der Waals surface area (Å²) in [6.07, 6.45) is -1.83. The molecule has 0 spiro atoms. The van der Waals surface area contributed by atoms with E-state index < -0.39 is 18.6 Å². The van der Waals surface area contributed by atoms with Crippen molar-refractivity contribution in [3.05, 3.63) is 54.2 Å². The van der Waals surface area contributed by atoms with Crippen LogP contribution < -0.4 is 10.1 Å². The molecule has 0 bridgehead atoms. The molecule has 0 radical (unpaired) electrons. The number of pyridine rings is 1. The predicted octanol–water partition coefficient (Wildman–Crippen LogP) is 3.72. The fourth-order valence-corrected chi connectivity index (χ4v) is 2.19. The molecular formula is C16H12F4N4O. The molecule has 1 aromatic carbocycles. The lowest BCUT2D eigenvalue weighted by Crippen LogP contribution is -2.20. The summed E-state index contributed by atoms with van der Waals surface area (Å²) in [5.41, 5.74) is 0.845. The second-order valence-corrected chi connectivity index (χ2v) is 5.11. The Morgan fingerprint density at radius 1 is 1.08 bits per heavy atom. The number of hydrogen-bond donors (Lipinski definition) is 1. The van der Waals surface area contributed by atoms with Gasteiger partial charge in [-0.2, -0.15) is 13.2 Å². The van der Waals surface area contributed by atoms with Crippen molar-refractivity contribution >= 4 is 16.7 Å². The van der Waals surface area contributed by atoms with Crippen LogP contribution in [0.3, 0.4) is 0 Å². The maximum atomic E-state index is 13.3. The van der Waals surface area contributed by atoms with Gasteiger partial charge in [-0.25, -0.2) is 19.3 Å². The van der Waals surface area contributed by atoms with Crippen LogP contribution >= 0.6 is 0 Å². The van der Waals surface area contributed by atoms with Crippen molar-refractivity contribution in [3.8, 4) is 5.88 Å². The van der Waals surface area contributed by atoms with Crippen molar-refractivity contribution in [2.75, 3.05) is 11.9 Å². The Morgan fingerprint density at radius 2 is 1.92 bits per heavy atom. The lowest BCUT2D eigenvalue weighted by Gasteiger charge is -2.13. The molecule has 2 aromatic heterocycles. The number of nitrogens with one attached hydrogen (secondary N) is 1. The first-order valence-corrected chi connectivity index (χ1v) is 7.20. The van der Waals surface area contributed by atoms with E-state index in [2.05, 4.69) is 20.3 Å². The molecule has 5 nitrogen and oxygen atoms in total. The van der Waals surface area contributed by atoms with E-state index in [0.717, 1.165) is 0 Å². The number of ether oxygens (including phenoxy) is 1.